The summed E-state index contributed by atoms with van der Waals surface area (Å²) in [6, 6.07) is 14.9. The van der Waals surface area contributed by atoms with E-state index in [2.05, 4.69) is 84.9 Å². The van der Waals surface area contributed by atoms with Gasteiger partial charge in [-0.25, -0.2) is 15.0 Å². The highest BCUT2D eigenvalue weighted by Gasteiger charge is 2.38. The smallest absolute Gasteiger partial charge is 0.293 e. The number of nitrogens with one attached hydrogen (secondary N) is 3. The van der Waals surface area contributed by atoms with E-state index in [1.807, 2.05) is 30.5 Å². The molecule has 71 heavy (non-hydrogen) atoms. The number of piperazine rings is 2. The minimum Gasteiger partial charge on any atom is -0.392 e. The average molecular weight is 964 g/mol. The zero-order valence-electron chi connectivity index (χ0n) is 41.4. The maximum absolute atomic E-state index is 14.1. The zero-order valence-corrected chi connectivity index (χ0v) is 41.4. The molecule has 4 aliphatic heterocycles. The summed E-state index contributed by atoms with van der Waals surface area (Å²) in [5, 5.41) is 19.8. The Bertz CT molecular complexity index is 2940. The van der Waals surface area contributed by atoms with Crippen LogP contribution in [0.25, 0.3) is 17.3 Å². The summed E-state index contributed by atoms with van der Waals surface area (Å²) in [7, 11) is 1.64. The first-order chi connectivity index (χ1) is 34.3. The van der Waals surface area contributed by atoms with Crippen LogP contribution in [-0.4, -0.2) is 129 Å². The van der Waals surface area contributed by atoms with Crippen LogP contribution in [0.2, 0.25) is 0 Å². The van der Waals surface area contributed by atoms with E-state index in [1.165, 1.54) is 27.6 Å². The van der Waals surface area contributed by atoms with Gasteiger partial charge in [-0.3, -0.25) is 34.3 Å². The molecule has 5 aromatic rings. The number of carbonyl (C=O) groups excluding carboxylic acids is 3. The number of amides is 3. The van der Waals surface area contributed by atoms with Crippen LogP contribution in [0.3, 0.4) is 0 Å². The average Bonchev–Trinajstić information content (AvgIpc) is 3.87. The molecule has 8 heterocycles. The van der Waals surface area contributed by atoms with Crippen molar-refractivity contribution >= 4 is 58.8 Å². The number of anilines is 6. The van der Waals surface area contributed by atoms with Crippen LogP contribution < -0.4 is 41.1 Å². The Kier molecular flexibility index (Phi) is 13.3. The van der Waals surface area contributed by atoms with E-state index in [-0.39, 0.29) is 28.7 Å². The number of imide groups is 1. The molecule has 18 heteroatoms. The summed E-state index contributed by atoms with van der Waals surface area (Å²) >= 11 is 0. The quantitative estimate of drug-likeness (QED) is 0.102. The number of aryl methyl sites for hydroxylation is 1. The van der Waals surface area contributed by atoms with Crippen molar-refractivity contribution in [2.75, 3.05) is 83.8 Å². The number of carbonyl (C=O) groups is 3. The third-order valence-corrected chi connectivity index (χ3v) is 15.2. The Labute approximate surface area is 414 Å². The molecule has 18 nitrogen and oxygen atoms in total. The number of hydrogen-bond acceptors (Lipinski definition) is 14. The van der Waals surface area contributed by atoms with E-state index in [4.69, 9.17) is 9.97 Å². The van der Waals surface area contributed by atoms with Gasteiger partial charge in [0.15, 0.2) is 5.82 Å². The van der Waals surface area contributed by atoms with Gasteiger partial charge in [-0.15, -0.1) is 0 Å². The van der Waals surface area contributed by atoms with Crippen molar-refractivity contribution in [3.05, 3.63) is 106 Å². The second-order valence-electron chi connectivity index (χ2n) is 20.6. The lowest BCUT2D eigenvalue weighted by atomic mass is 9.90. The van der Waals surface area contributed by atoms with Crippen molar-refractivity contribution in [2.24, 2.45) is 12.5 Å². The molecule has 3 amide bonds. The number of aromatic nitrogens is 5. The molecule has 4 N–H and O–H groups in total. The SMILES string of the molecule is C[C@H]1CNCCN1c1cc(N2CCC(N3CCN(c4ccc(Nc5nc(-c6ccnc(N7CCn8c(cc9c8CC(C)(C)C9)C7=O)c6CO)cn(C)c5=O)cc4C=CC(=O)NC=O)[C@@H](C)C3)CC2)ccn1. The molecule has 2 atom stereocenters. The maximum atomic E-state index is 14.1. The number of fused-ring (bicyclic) bond motifs is 3. The lowest BCUT2D eigenvalue weighted by Crippen LogP contribution is -2.57. The van der Waals surface area contributed by atoms with Crippen molar-refractivity contribution < 1.29 is 19.5 Å². The number of aliphatic hydroxyl groups excluding tert-OH is 1. The Morgan fingerprint density at radius 3 is 2.52 bits per heavy atom. The van der Waals surface area contributed by atoms with Gasteiger partial charge in [-0.2, -0.15) is 0 Å². The molecule has 3 saturated heterocycles. The summed E-state index contributed by atoms with van der Waals surface area (Å²) < 4.78 is 3.58. The summed E-state index contributed by atoms with van der Waals surface area (Å²) in [4.78, 5) is 77.2. The van der Waals surface area contributed by atoms with E-state index < -0.39 is 12.5 Å². The fraction of sp³-hybridized carbons (Fsp3) is 0.453. The Morgan fingerprint density at radius 2 is 1.75 bits per heavy atom. The number of rotatable bonds is 12. The molecule has 10 rings (SSSR count). The predicted molar refractivity (Wildman–Crippen MR) is 276 cm³/mol. The summed E-state index contributed by atoms with van der Waals surface area (Å²) in [5.74, 6) is 0.728. The van der Waals surface area contributed by atoms with Crippen molar-refractivity contribution in [3.8, 4) is 11.3 Å². The van der Waals surface area contributed by atoms with Crippen LogP contribution in [0.5, 0.6) is 0 Å². The van der Waals surface area contributed by atoms with E-state index in [9.17, 15) is 24.3 Å². The van der Waals surface area contributed by atoms with Crippen LogP contribution in [0, 0.1) is 5.41 Å². The fourth-order valence-corrected chi connectivity index (χ4v) is 11.6. The Morgan fingerprint density at radius 1 is 0.930 bits per heavy atom. The number of pyridine rings is 2. The van der Waals surface area contributed by atoms with E-state index >= 15 is 0 Å². The molecule has 0 bridgehead atoms. The maximum Gasteiger partial charge on any atom is 0.293 e. The van der Waals surface area contributed by atoms with Crippen LogP contribution in [0.1, 0.15) is 73.4 Å². The minimum absolute atomic E-state index is 0.0458. The lowest BCUT2D eigenvalue weighted by Gasteiger charge is -2.47. The molecule has 3 fully saturated rings. The summed E-state index contributed by atoms with van der Waals surface area (Å²) in [5.41, 5.74) is 7.65. The molecule has 372 valence electrons. The lowest BCUT2D eigenvalue weighted by molar-refractivity contribution is -0.121. The van der Waals surface area contributed by atoms with Gasteiger partial charge in [0.1, 0.15) is 17.3 Å². The molecule has 0 unspecified atom stereocenters. The van der Waals surface area contributed by atoms with Gasteiger partial charge in [0.05, 0.1) is 12.3 Å². The zero-order chi connectivity index (χ0) is 49.6. The number of aliphatic hydroxyl groups is 1. The Hall–Kier alpha value is -6.89. The standard InChI is InChI=1S/C53H65N13O5/c1-34-29-54-16-19-64(34)47-26-40(10-14-55-47)61-17-12-39(13-18-61)62-20-21-63(35(2)30-62)44-8-7-38(24-36(44)6-9-48(69)57-33-68)58-49-52(71)60(5)31-43(59-49)41-11-15-56-50(42(41)32-67)66-23-22-65-45(51(66)70)25-37-27-53(3,4)28-46(37)65/h6-11,14-15,24-26,31,33-35,39,54,67H,12-13,16-23,27-30,32H2,1-5H3,(H,58,59)(H,57,68,69)/t34-,35-/m0/s1. The predicted octanol–water partition coefficient (Wildman–Crippen LogP) is 4.32. The molecular formula is C53H65N13O5. The second-order valence-corrected chi connectivity index (χ2v) is 20.6. The van der Waals surface area contributed by atoms with Gasteiger partial charge >= 0.3 is 0 Å². The largest absolute Gasteiger partial charge is 0.392 e. The minimum atomic E-state index is -0.553. The third kappa shape index (κ3) is 9.55. The normalized spacial score (nSPS) is 20.6. The first-order valence-corrected chi connectivity index (χ1v) is 25.0. The van der Waals surface area contributed by atoms with Crippen molar-refractivity contribution in [3.63, 3.8) is 0 Å². The van der Waals surface area contributed by atoms with Gasteiger partial charge in [-0.1, -0.05) is 13.8 Å². The van der Waals surface area contributed by atoms with Crippen LogP contribution >= 0.6 is 0 Å². The molecular weight excluding hydrogens is 899 g/mol. The highest BCUT2D eigenvalue weighted by molar-refractivity contribution is 6.06. The number of nitrogens with zero attached hydrogens (tertiary/aromatic N) is 10. The number of hydrogen-bond donors (Lipinski definition) is 4. The highest BCUT2D eigenvalue weighted by Crippen LogP contribution is 2.40. The monoisotopic (exact) mass is 964 g/mol. The number of piperidine rings is 1. The molecule has 5 aliphatic rings. The van der Waals surface area contributed by atoms with E-state index in [0.717, 1.165) is 95.1 Å². The first kappa shape index (κ1) is 47.8. The van der Waals surface area contributed by atoms with Crippen LogP contribution in [0.15, 0.2) is 71.9 Å². The van der Waals surface area contributed by atoms with Gasteiger partial charge in [-0.05, 0) is 93.0 Å². The van der Waals surface area contributed by atoms with Crippen molar-refractivity contribution in [1.29, 1.82) is 0 Å². The topological polar surface area (TPSA) is 189 Å². The van der Waals surface area contributed by atoms with Crippen molar-refractivity contribution in [2.45, 2.75) is 84.7 Å². The molecule has 1 aliphatic carbocycles. The summed E-state index contributed by atoms with van der Waals surface area (Å²) in [6.45, 7) is 16.9. The van der Waals surface area contributed by atoms with E-state index in [1.54, 1.807) is 36.5 Å². The summed E-state index contributed by atoms with van der Waals surface area (Å²) in [6.07, 6.45) is 12.5. The molecule has 0 radical (unpaired) electrons. The van der Waals surface area contributed by atoms with Crippen LogP contribution in [0.4, 0.5) is 34.5 Å². The second kappa shape index (κ2) is 19.7. The van der Waals surface area contributed by atoms with E-state index in [0.29, 0.717) is 65.6 Å². The van der Waals surface area contributed by atoms with Gasteiger partial charge in [0, 0.05) is 161 Å². The first-order valence-electron chi connectivity index (χ1n) is 25.0. The van der Waals surface area contributed by atoms with Gasteiger partial charge in [0.25, 0.3) is 11.5 Å². The third-order valence-electron chi connectivity index (χ3n) is 15.2. The highest BCUT2D eigenvalue weighted by atomic mass is 16.3. The van der Waals surface area contributed by atoms with Gasteiger partial charge < -0.3 is 39.6 Å². The fourth-order valence-electron chi connectivity index (χ4n) is 11.6. The van der Waals surface area contributed by atoms with Crippen molar-refractivity contribution in [1.82, 2.24) is 39.6 Å². The van der Waals surface area contributed by atoms with Gasteiger partial charge in [0.2, 0.25) is 12.3 Å². The number of benzene rings is 1. The molecule has 1 aromatic carbocycles. The Balaban J connectivity index is 0.852. The molecule has 0 spiro atoms. The molecule has 0 saturated carbocycles. The molecule has 4 aromatic heterocycles. The van der Waals surface area contributed by atoms with Crippen LogP contribution in [-0.2, 0) is 42.6 Å².